The highest BCUT2D eigenvalue weighted by molar-refractivity contribution is 8.00. The van der Waals surface area contributed by atoms with E-state index in [4.69, 9.17) is 4.55 Å². The van der Waals surface area contributed by atoms with Gasteiger partial charge in [0.25, 0.3) is 0 Å². The summed E-state index contributed by atoms with van der Waals surface area (Å²) >= 11 is -2.75. The van der Waals surface area contributed by atoms with Crippen molar-refractivity contribution in [2.75, 3.05) is 0 Å². The first-order valence-electron chi connectivity index (χ1n) is 9.83. The van der Waals surface area contributed by atoms with Crippen LogP contribution in [0.15, 0.2) is 40.6 Å². The minimum Gasteiger partial charge on any atom is -0.428 e. The summed E-state index contributed by atoms with van der Waals surface area (Å²) in [6.07, 6.45) is -5.82. The van der Waals surface area contributed by atoms with Crippen LogP contribution in [0.3, 0.4) is 0 Å². The van der Waals surface area contributed by atoms with Crippen molar-refractivity contribution >= 4 is 28.0 Å². The lowest BCUT2D eigenvalue weighted by Crippen LogP contribution is -2.71. The smallest absolute Gasteiger partial charge is 0.428 e. The van der Waals surface area contributed by atoms with Gasteiger partial charge in [-0.05, 0) is 29.5 Å². The lowest BCUT2D eigenvalue weighted by molar-refractivity contribution is -0.440. The largest absolute Gasteiger partial charge is 0.471 e. The first-order chi connectivity index (χ1) is 18.6. The molecule has 0 unspecified atom stereocenters. The zero-order valence-electron chi connectivity index (χ0n) is 19.1. The third-order valence-electron chi connectivity index (χ3n) is 4.95. The van der Waals surface area contributed by atoms with Gasteiger partial charge in [0.05, 0.1) is 4.90 Å². The summed E-state index contributed by atoms with van der Waals surface area (Å²) in [5, 5.41) is -7.22. The van der Waals surface area contributed by atoms with Crippen molar-refractivity contribution in [3.05, 3.63) is 59.7 Å². The SMILES string of the molecule is C=Cc1ccc(OC(F)(F)C(F)(F)C(F)(F)C(F)(F)C(F)(F)C(F)(F)Sc2c(F)c(F)c(S(=O)(=O)O)c(F)c2F)cc1. The van der Waals surface area contributed by atoms with Crippen LogP contribution in [0, 0.1) is 23.3 Å². The highest BCUT2D eigenvalue weighted by Gasteiger charge is 2.91. The molecule has 0 heterocycles. The fraction of sp³-hybridized carbons (Fsp3) is 0.300. The Labute approximate surface area is 226 Å². The van der Waals surface area contributed by atoms with Crippen molar-refractivity contribution in [1.82, 2.24) is 0 Å². The van der Waals surface area contributed by atoms with E-state index in [1.165, 1.54) is 0 Å². The monoisotopic (exact) mass is 680 g/mol. The second-order valence-electron chi connectivity index (χ2n) is 7.70. The Balaban J connectivity index is 2.59. The number of halogens is 16. The first-order valence-corrected chi connectivity index (χ1v) is 12.1. The molecule has 236 valence electrons. The molecule has 0 aliphatic carbocycles. The van der Waals surface area contributed by atoms with Crippen molar-refractivity contribution < 1.29 is 88.0 Å². The van der Waals surface area contributed by atoms with Crippen molar-refractivity contribution in [1.29, 1.82) is 0 Å². The van der Waals surface area contributed by atoms with Crippen LogP contribution in [0.2, 0.25) is 0 Å². The molecule has 0 atom stereocenters. The Morgan fingerprint density at radius 3 is 1.48 bits per heavy atom. The van der Waals surface area contributed by atoms with Crippen molar-refractivity contribution in [3.8, 4) is 5.75 Å². The third-order valence-corrected chi connectivity index (χ3v) is 6.90. The number of rotatable bonds is 11. The molecule has 0 radical (unpaired) electrons. The van der Waals surface area contributed by atoms with Crippen molar-refractivity contribution in [2.24, 2.45) is 0 Å². The topological polar surface area (TPSA) is 63.6 Å². The molecule has 0 amide bonds. The molecule has 2 rings (SSSR count). The lowest BCUT2D eigenvalue weighted by Gasteiger charge is -2.40. The maximum absolute atomic E-state index is 14.2. The Morgan fingerprint density at radius 2 is 1.10 bits per heavy atom. The van der Waals surface area contributed by atoms with Crippen LogP contribution < -0.4 is 4.74 Å². The van der Waals surface area contributed by atoms with Gasteiger partial charge < -0.3 is 4.74 Å². The van der Waals surface area contributed by atoms with Gasteiger partial charge in [-0.25, -0.2) is 17.6 Å². The Kier molecular flexibility index (Phi) is 8.98. The van der Waals surface area contributed by atoms with Gasteiger partial charge in [0, 0.05) is 0 Å². The van der Waals surface area contributed by atoms with Crippen LogP contribution in [0.5, 0.6) is 5.75 Å². The van der Waals surface area contributed by atoms with E-state index < -0.39 is 95.7 Å². The molecule has 0 spiro atoms. The molecule has 1 N–H and O–H groups in total. The second kappa shape index (κ2) is 10.7. The van der Waals surface area contributed by atoms with Crippen molar-refractivity contribution in [2.45, 2.75) is 44.8 Å². The maximum atomic E-state index is 14.2. The van der Waals surface area contributed by atoms with Gasteiger partial charge in [-0.3, -0.25) is 4.55 Å². The molecule has 4 nitrogen and oxygen atoms in total. The fourth-order valence-electron chi connectivity index (χ4n) is 2.74. The molecule has 0 saturated heterocycles. The minimum absolute atomic E-state index is 0.0777. The molecule has 0 aromatic heterocycles. The number of ether oxygens (including phenoxy) is 1. The van der Waals surface area contributed by atoms with Gasteiger partial charge in [0.1, 0.15) is 5.75 Å². The van der Waals surface area contributed by atoms with Gasteiger partial charge in [-0.15, -0.1) is 0 Å². The Hall–Kier alpha value is -2.88. The Morgan fingerprint density at radius 1 is 0.690 bits per heavy atom. The quantitative estimate of drug-likeness (QED) is 0.113. The molecule has 0 aliphatic heterocycles. The third kappa shape index (κ3) is 5.47. The molecule has 2 aromatic carbocycles. The van der Waals surface area contributed by atoms with Gasteiger partial charge >= 0.3 is 45.2 Å². The highest BCUT2D eigenvalue weighted by atomic mass is 32.2. The second-order valence-corrected chi connectivity index (χ2v) is 10.2. The molecule has 2 aromatic rings. The van der Waals surface area contributed by atoms with Crippen LogP contribution in [0.1, 0.15) is 5.56 Å². The normalized spacial score (nSPS) is 14.2. The average molecular weight is 680 g/mol. The number of hydrogen-bond acceptors (Lipinski definition) is 4. The molecule has 0 saturated carbocycles. The summed E-state index contributed by atoms with van der Waals surface area (Å²) in [6, 6.07) is 2.29. The number of alkyl halides is 12. The molecule has 0 bridgehead atoms. The van der Waals surface area contributed by atoms with E-state index in [1.54, 1.807) is 0 Å². The molecule has 22 heteroatoms. The van der Waals surface area contributed by atoms with E-state index in [-0.39, 0.29) is 5.56 Å². The standard InChI is InChI=1S/C20H8F16O4S2/c1-2-7-3-5-8(6-4-7)40-19(33,34)17(29,30)15(25,26)16(27,28)18(31,32)20(35,36)41-13-9(21)11(23)14(42(37,38)39)12(24)10(13)22/h2-6H,1H2,(H,37,38,39). The van der Waals surface area contributed by atoms with E-state index in [2.05, 4.69) is 11.3 Å². The van der Waals surface area contributed by atoms with E-state index in [1.807, 2.05) is 0 Å². The van der Waals surface area contributed by atoms with Crippen LogP contribution in [0.25, 0.3) is 6.08 Å². The highest BCUT2D eigenvalue weighted by Crippen LogP contribution is 2.63. The molecular weight excluding hydrogens is 672 g/mol. The summed E-state index contributed by atoms with van der Waals surface area (Å²) < 4.78 is 258. The van der Waals surface area contributed by atoms with E-state index >= 15 is 0 Å². The zero-order valence-corrected chi connectivity index (χ0v) is 20.8. The average Bonchev–Trinajstić information content (AvgIpc) is 2.84. The summed E-state index contributed by atoms with van der Waals surface area (Å²) in [5.41, 5.74) is 0.0777. The van der Waals surface area contributed by atoms with E-state index in [9.17, 15) is 78.7 Å². The first kappa shape index (κ1) is 35.3. The van der Waals surface area contributed by atoms with Gasteiger partial charge in [-0.1, -0.05) is 24.8 Å². The van der Waals surface area contributed by atoms with Crippen LogP contribution in [-0.2, 0) is 10.1 Å². The van der Waals surface area contributed by atoms with E-state index in [0.717, 1.165) is 18.2 Å². The summed E-state index contributed by atoms with van der Waals surface area (Å²) in [4.78, 5) is -6.08. The maximum Gasteiger partial charge on any atom is 0.471 e. The number of thioether (sulfide) groups is 1. The fourth-order valence-corrected chi connectivity index (χ4v) is 4.25. The summed E-state index contributed by atoms with van der Waals surface area (Å²) in [5.74, 6) is -47.1. The van der Waals surface area contributed by atoms with Gasteiger partial charge in [0.15, 0.2) is 28.2 Å². The summed E-state index contributed by atoms with van der Waals surface area (Å²) in [7, 11) is -6.26. The predicted octanol–water partition coefficient (Wildman–Crippen LogP) is 8.03. The van der Waals surface area contributed by atoms with Crippen LogP contribution in [-0.4, -0.2) is 48.0 Å². The molecule has 0 aliphatic rings. The summed E-state index contributed by atoms with van der Waals surface area (Å²) in [6.45, 7) is 3.20. The lowest BCUT2D eigenvalue weighted by atomic mass is 9.97. The van der Waals surface area contributed by atoms with Crippen molar-refractivity contribution in [3.63, 3.8) is 0 Å². The molecular formula is C20H8F16O4S2. The van der Waals surface area contributed by atoms with Crippen LogP contribution >= 0.6 is 11.8 Å². The zero-order chi connectivity index (χ0) is 33.1. The minimum atomic E-state index is -8.28. The van der Waals surface area contributed by atoms with E-state index in [0.29, 0.717) is 12.1 Å². The van der Waals surface area contributed by atoms with Gasteiger partial charge in [0.2, 0.25) is 0 Å². The van der Waals surface area contributed by atoms with Gasteiger partial charge in [-0.2, -0.15) is 61.1 Å². The predicted molar refractivity (Wildman–Crippen MR) is 109 cm³/mol. The molecule has 0 fully saturated rings. The number of hydrogen-bond donors (Lipinski definition) is 1. The van der Waals surface area contributed by atoms with Crippen LogP contribution in [0.4, 0.5) is 70.2 Å². The Bertz CT molecular complexity index is 1440. The molecule has 42 heavy (non-hydrogen) atoms. The number of benzene rings is 2.